The maximum atomic E-state index is 8.16. The SMILES string of the molecule is CC(C)CC(=N)CC#N. The van der Waals surface area contributed by atoms with Crippen molar-refractivity contribution in [3.05, 3.63) is 0 Å². The standard InChI is InChI=1S/C7H12N2/c1-6(2)5-7(9)3-4-8/h6,9H,3,5H2,1-2H3. The van der Waals surface area contributed by atoms with E-state index in [-0.39, 0.29) is 6.42 Å². The van der Waals surface area contributed by atoms with Gasteiger partial charge in [0.25, 0.3) is 0 Å². The predicted molar refractivity (Wildman–Crippen MR) is 37.4 cm³/mol. The maximum Gasteiger partial charge on any atom is 0.0728 e. The Bertz CT molecular complexity index is 130. The molecule has 0 rings (SSSR count). The molecule has 2 nitrogen and oxygen atoms in total. The van der Waals surface area contributed by atoms with Crippen LogP contribution in [-0.4, -0.2) is 5.71 Å². The molecule has 0 bridgehead atoms. The molecule has 0 saturated heterocycles. The van der Waals surface area contributed by atoms with E-state index in [0.717, 1.165) is 6.42 Å². The van der Waals surface area contributed by atoms with E-state index in [1.807, 2.05) is 19.9 Å². The van der Waals surface area contributed by atoms with Crippen LogP contribution >= 0.6 is 0 Å². The van der Waals surface area contributed by atoms with Crippen LogP contribution in [0.15, 0.2) is 0 Å². The van der Waals surface area contributed by atoms with Gasteiger partial charge in [0.1, 0.15) is 0 Å². The molecule has 0 spiro atoms. The minimum absolute atomic E-state index is 0.290. The van der Waals surface area contributed by atoms with Crippen LogP contribution < -0.4 is 0 Å². The topological polar surface area (TPSA) is 47.6 Å². The first-order valence-corrected chi connectivity index (χ1v) is 3.10. The first-order valence-electron chi connectivity index (χ1n) is 3.10. The predicted octanol–water partition coefficient (Wildman–Crippen LogP) is 1.97. The molecule has 0 amide bonds. The Morgan fingerprint density at radius 3 is 2.56 bits per heavy atom. The van der Waals surface area contributed by atoms with Gasteiger partial charge in [-0.3, -0.25) is 0 Å². The van der Waals surface area contributed by atoms with Gasteiger partial charge in [0.2, 0.25) is 0 Å². The molecule has 9 heavy (non-hydrogen) atoms. The molecule has 0 aliphatic carbocycles. The Morgan fingerprint density at radius 1 is 1.67 bits per heavy atom. The lowest BCUT2D eigenvalue weighted by molar-refractivity contribution is 0.678. The second-order valence-corrected chi connectivity index (χ2v) is 2.54. The van der Waals surface area contributed by atoms with Crippen molar-refractivity contribution in [1.82, 2.24) is 0 Å². The quantitative estimate of drug-likeness (QED) is 0.574. The number of hydrogen-bond acceptors (Lipinski definition) is 2. The van der Waals surface area contributed by atoms with E-state index in [0.29, 0.717) is 11.6 Å². The largest absolute Gasteiger partial charge is 0.309 e. The van der Waals surface area contributed by atoms with Gasteiger partial charge in [0, 0.05) is 5.71 Å². The second-order valence-electron chi connectivity index (χ2n) is 2.54. The van der Waals surface area contributed by atoms with Gasteiger partial charge in [-0.05, 0) is 12.3 Å². The summed E-state index contributed by atoms with van der Waals surface area (Å²) in [5, 5.41) is 15.4. The molecule has 0 saturated carbocycles. The van der Waals surface area contributed by atoms with E-state index in [9.17, 15) is 0 Å². The van der Waals surface area contributed by atoms with Crippen molar-refractivity contribution in [2.24, 2.45) is 5.92 Å². The molecule has 0 unspecified atom stereocenters. The van der Waals surface area contributed by atoms with Gasteiger partial charge in [-0.2, -0.15) is 5.26 Å². The van der Waals surface area contributed by atoms with E-state index in [1.54, 1.807) is 0 Å². The van der Waals surface area contributed by atoms with Crippen LogP contribution in [0.4, 0.5) is 0 Å². The maximum absolute atomic E-state index is 8.16. The van der Waals surface area contributed by atoms with Gasteiger partial charge in [0.05, 0.1) is 12.5 Å². The summed E-state index contributed by atoms with van der Waals surface area (Å²) in [5.41, 5.74) is 0.549. The third kappa shape index (κ3) is 5.02. The Morgan fingerprint density at radius 2 is 2.22 bits per heavy atom. The minimum atomic E-state index is 0.290. The van der Waals surface area contributed by atoms with Crippen LogP contribution in [0.2, 0.25) is 0 Å². The molecule has 0 fully saturated rings. The van der Waals surface area contributed by atoms with Crippen LogP contribution in [0.25, 0.3) is 0 Å². The van der Waals surface area contributed by atoms with E-state index in [1.165, 1.54) is 0 Å². The van der Waals surface area contributed by atoms with Crippen molar-refractivity contribution in [3.63, 3.8) is 0 Å². The minimum Gasteiger partial charge on any atom is -0.309 e. The lowest BCUT2D eigenvalue weighted by atomic mass is 10.1. The summed E-state index contributed by atoms with van der Waals surface area (Å²) in [4.78, 5) is 0. The molecule has 0 atom stereocenters. The third-order valence-electron chi connectivity index (χ3n) is 0.947. The zero-order chi connectivity index (χ0) is 7.28. The zero-order valence-corrected chi connectivity index (χ0v) is 5.94. The fraction of sp³-hybridized carbons (Fsp3) is 0.714. The summed E-state index contributed by atoms with van der Waals surface area (Å²) >= 11 is 0. The molecule has 0 aromatic carbocycles. The monoisotopic (exact) mass is 124 g/mol. The van der Waals surface area contributed by atoms with Gasteiger partial charge in [-0.1, -0.05) is 13.8 Å². The fourth-order valence-corrected chi connectivity index (χ4v) is 0.660. The normalized spacial score (nSPS) is 9.11. The van der Waals surface area contributed by atoms with Crippen molar-refractivity contribution in [3.8, 4) is 6.07 Å². The average molecular weight is 124 g/mol. The fourth-order valence-electron chi connectivity index (χ4n) is 0.660. The third-order valence-corrected chi connectivity index (χ3v) is 0.947. The van der Waals surface area contributed by atoms with Crippen LogP contribution in [0.5, 0.6) is 0 Å². The Balaban J connectivity index is 3.42. The summed E-state index contributed by atoms with van der Waals surface area (Å²) < 4.78 is 0. The molecule has 1 N–H and O–H groups in total. The second kappa shape index (κ2) is 4.08. The molecule has 0 aromatic rings. The number of nitrogens with one attached hydrogen (secondary N) is 1. The summed E-state index contributed by atoms with van der Waals surface area (Å²) in [5.74, 6) is 0.505. The van der Waals surface area contributed by atoms with Crippen molar-refractivity contribution in [2.75, 3.05) is 0 Å². The van der Waals surface area contributed by atoms with E-state index >= 15 is 0 Å². The smallest absolute Gasteiger partial charge is 0.0728 e. The number of hydrogen-bond donors (Lipinski definition) is 1. The Kier molecular flexibility index (Phi) is 3.70. The highest BCUT2D eigenvalue weighted by Gasteiger charge is 1.98. The molecule has 50 valence electrons. The summed E-state index contributed by atoms with van der Waals surface area (Å²) in [7, 11) is 0. The zero-order valence-electron chi connectivity index (χ0n) is 5.94. The molecule has 0 aliphatic heterocycles. The summed E-state index contributed by atoms with van der Waals surface area (Å²) in [6, 6.07) is 1.95. The molecule has 0 aliphatic rings. The van der Waals surface area contributed by atoms with Crippen molar-refractivity contribution < 1.29 is 0 Å². The first kappa shape index (κ1) is 8.16. The molecular formula is C7H12N2. The van der Waals surface area contributed by atoms with Crippen LogP contribution in [0.1, 0.15) is 26.7 Å². The molecule has 0 aromatic heterocycles. The van der Waals surface area contributed by atoms with Gasteiger partial charge < -0.3 is 5.41 Å². The highest BCUT2D eigenvalue weighted by Crippen LogP contribution is 2.01. The summed E-state index contributed by atoms with van der Waals surface area (Å²) in [6.45, 7) is 4.10. The van der Waals surface area contributed by atoms with Crippen molar-refractivity contribution in [1.29, 1.82) is 10.7 Å². The van der Waals surface area contributed by atoms with Crippen LogP contribution in [0.3, 0.4) is 0 Å². The molecular weight excluding hydrogens is 112 g/mol. The van der Waals surface area contributed by atoms with Crippen molar-refractivity contribution in [2.45, 2.75) is 26.7 Å². The van der Waals surface area contributed by atoms with Crippen molar-refractivity contribution >= 4 is 5.71 Å². The molecule has 2 heteroatoms. The van der Waals surface area contributed by atoms with E-state index in [2.05, 4.69) is 0 Å². The number of nitriles is 1. The Hall–Kier alpha value is -0.840. The van der Waals surface area contributed by atoms with Gasteiger partial charge in [-0.15, -0.1) is 0 Å². The van der Waals surface area contributed by atoms with Crippen LogP contribution in [0, 0.1) is 22.7 Å². The lowest BCUT2D eigenvalue weighted by Crippen LogP contribution is -1.99. The highest BCUT2D eigenvalue weighted by atomic mass is 14.4. The average Bonchev–Trinajstić information content (AvgIpc) is 1.63. The molecule has 0 radical (unpaired) electrons. The number of nitrogens with zero attached hydrogens (tertiary/aromatic N) is 1. The molecule has 0 heterocycles. The highest BCUT2D eigenvalue weighted by molar-refractivity contribution is 5.83. The van der Waals surface area contributed by atoms with E-state index in [4.69, 9.17) is 10.7 Å². The van der Waals surface area contributed by atoms with E-state index < -0.39 is 0 Å². The first-order chi connectivity index (χ1) is 4.16. The summed E-state index contributed by atoms with van der Waals surface area (Å²) in [6.07, 6.45) is 1.05. The Labute approximate surface area is 56.0 Å². The van der Waals surface area contributed by atoms with Gasteiger partial charge >= 0.3 is 0 Å². The number of rotatable bonds is 3. The lowest BCUT2D eigenvalue weighted by Gasteiger charge is -2.00. The van der Waals surface area contributed by atoms with Gasteiger partial charge in [0.15, 0.2) is 0 Å². The van der Waals surface area contributed by atoms with Gasteiger partial charge in [-0.25, -0.2) is 0 Å². The van der Waals surface area contributed by atoms with Crippen LogP contribution in [-0.2, 0) is 0 Å².